The van der Waals surface area contributed by atoms with Crippen LogP contribution in [0.5, 0.6) is 5.75 Å². The van der Waals surface area contributed by atoms with E-state index in [1.165, 1.54) is 38.1 Å². The summed E-state index contributed by atoms with van der Waals surface area (Å²) >= 11 is 24.7. The predicted molar refractivity (Wildman–Crippen MR) is 376 cm³/mol. The van der Waals surface area contributed by atoms with E-state index in [1.54, 1.807) is 13.8 Å². The van der Waals surface area contributed by atoms with Gasteiger partial charge in [0.2, 0.25) is 82.7 Å². The molecule has 1 fully saturated rings. The van der Waals surface area contributed by atoms with Crippen LogP contribution in [0.25, 0.3) is 0 Å². The Balaban J connectivity index is 2.19. The molecule has 0 aliphatic carbocycles. The van der Waals surface area contributed by atoms with Crippen LogP contribution >= 0.6 is 75.8 Å². The van der Waals surface area contributed by atoms with Crippen LogP contribution in [0, 0.1) is 11.8 Å². The summed E-state index contributed by atoms with van der Waals surface area (Å²) in [7, 11) is 0. The van der Waals surface area contributed by atoms with E-state index < -0.39 is 228 Å². The standard InChI is InChI=1S/C58H91N15O20S6/c1-25(2)15-32(64-47(81)31(12-13-43(78)79)63-50(84)36(21-96)67-46(80)30(59)19-94)48(82)68-38(23-98)52(86)69-37(22-97)51(85)65-33(17-41(60)76)57(91)73-14-6-7-40(73)54(88)71-44(26(3)4)56(90)70-39(24-99)53(87)72-45(27(5)74)55(89)61-18-42(77)62-35(20-95)49(83)66-34(58(92)93)16-28-8-10-29(75)11-9-28/h8-11,25-27,30-40,44-45,74-75,94-99H,6-7,12-24,59H2,1-5H3,(H2,60,76)(H,61,89)(H,62,77)(H,63,84)(H,64,81)(H,65,85)(H,66,83)(H,67,80)(H,68,82)(H,69,86)(H,70,90)(H,71,88)(H,72,87)(H,78,79)(H,92,93)/t27-,30+,31+,32+,33+,34+,35+,36+,37+,38+,39+,40+,44+,45+/m1/s1. The number of nitrogens with zero attached hydrogens (tertiary/aromatic N) is 1. The van der Waals surface area contributed by atoms with Crippen molar-refractivity contribution in [1.82, 2.24) is 68.7 Å². The van der Waals surface area contributed by atoms with E-state index in [0.717, 1.165) is 11.8 Å². The van der Waals surface area contributed by atoms with Crippen LogP contribution < -0.4 is 75.3 Å². The number of phenolic OH excluding ortho intramolecular Hbond substituents is 1. The van der Waals surface area contributed by atoms with E-state index in [4.69, 9.17) is 11.5 Å². The van der Waals surface area contributed by atoms with Gasteiger partial charge in [-0.2, -0.15) is 75.8 Å². The number of aliphatic hydroxyl groups is 1. The second-order valence-electron chi connectivity index (χ2n) is 23.6. The highest BCUT2D eigenvalue weighted by atomic mass is 32.1. The lowest BCUT2D eigenvalue weighted by Gasteiger charge is -2.31. The predicted octanol–water partition coefficient (Wildman–Crippen LogP) is -6.81. The zero-order chi connectivity index (χ0) is 75.1. The number of likely N-dealkylation sites (tertiary alicyclic amines) is 1. The number of aliphatic carboxylic acids is 2. The summed E-state index contributed by atoms with van der Waals surface area (Å²) in [5, 5.41) is 67.7. The van der Waals surface area contributed by atoms with Gasteiger partial charge in [0.15, 0.2) is 0 Å². The minimum absolute atomic E-state index is 0.00925. The van der Waals surface area contributed by atoms with Crippen LogP contribution in [-0.2, 0) is 83.1 Å². The van der Waals surface area contributed by atoms with Gasteiger partial charge < -0.3 is 101 Å². The van der Waals surface area contributed by atoms with Crippen molar-refractivity contribution >= 4 is 170 Å². The molecule has 554 valence electrons. The van der Waals surface area contributed by atoms with E-state index >= 15 is 0 Å². The fourth-order valence-electron chi connectivity index (χ4n) is 9.41. The average Bonchev–Trinajstić information content (AvgIpc) is 1.74. The molecule has 1 aromatic rings. The van der Waals surface area contributed by atoms with Crippen LogP contribution in [0.1, 0.15) is 78.7 Å². The van der Waals surface area contributed by atoms with Crippen LogP contribution in [0.2, 0.25) is 0 Å². The quantitative estimate of drug-likeness (QED) is 0.0270. The lowest BCUT2D eigenvalue weighted by Crippen LogP contribution is -2.62. The number of nitrogens with two attached hydrogens (primary N) is 2. The minimum atomic E-state index is -1.76. The Morgan fingerprint density at radius 1 is 0.525 bits per heavy atom. The van der Waals surface area contributed by atoms with Crippen molar-refractivity contribution in [3.8, 4) is 5.75 Å². The number of thiol groups is 6. The van der Waals surface area contributed by atoms with Gasteiger partial charge in [0, 0.05) is 53.9 Å². The maximum Gasteiger partial charge on any atom is 0.326 e. The van der Waals surface area contributed by atoms with E-state index in [1.807, 2.05) is 0 Å². The number of aliphatic hydroxyl groups excluding tert-OH is 1. The molecule has 1 saturated heterocycles. The van der Waals surface area contributed by atoms with Crippen molar-refractivity contribution in [2.45, 2.75) is 164 Å². The molecule has 2 rings (SSSR count). The molecule has 1 aliphatic rings. The number of benzene rings is 1. The van der Waals surface area contributed by atoms with Crippen LogP contribution in [0.4, 0.5) is 0 Å². The summed E-state index contributed by atoms with van der Waals surface area (Å²) in [5.74, 6) is -19.5. The number of phenols is 1. The summed E-state index contributed by atoms with van der Waals surface area (Å²) < 4.78 is 0. The molecule has 1 aliphatic heterocycles. The monoisotopic (exact) mass is 1510 g/mol. The van der Waals surface area contributed by atoms with Crippen molar-refractivity contribution < 1.29 is 97.1 Å². The van der Waals surface area contributed by atoms with Crippen molar-refractivity contribution in [2.24, 2.45) is 23.3 Å². The van der Waals surface area contributed by atoms with Crippen molar-refractivity contribution in [3.63, 3.8) is 0 Å². The number of hydrogen-bond donors (Lipinski definition) is 24. The number of primary amides is 1. The van der Waals surface area contributed by atoms with Crippen LogP contribution in [0.15, 0.2) is 24.3 Å². The maximum atomic E-state index is 14.3. The van der Waals surface area contributed by atoms with Crippen LogP contribution in [-0.4, -0.2) is 252 Å². The fraction of sp³-hybridized carbons (Fsp3) is 0.621. The first kappa shape index (κ1) is 87.6. The van der Waals surface area contributed by atoms with Gasteiger partial charge in [-0.3, -0.25) is 71.9 Å². The first-order valence-electron chi connectivity index (χ1n) is 31.0. The number of nitrogens with one attached hydrogen (secondary N) is 12. The van der Waals surface area contributed by atoms with Gasteiger partial charge >= 0.3 is 11.9 Å². The molecule has 0 spiro atoms. The minimum Gasteiger partial charge on any atom is -0.508 e. The van der Waals surface area contributed by atoms with E-state index in [2.05, 4.69) is 140 Å². The molecule has 99 heavy (non-hydrogen) atoms. The zero-order valence-electron chi connectivity index (χ0n) is 54.8. The Morgan fingerprint density at radius 2 is 0.960 bits per heavy atom. The van der Waals surface area contributed by atoms with Gasteiger partial charge in [-0.25, -0.2) is 4.79 Å². The second kappa shape index (κ2) is 43.9. The Labute approximate surface area is 603 Å². The first-order valence-corrected chi connectivity index (χ1v) is 34.8. The summed E-state index contributed by atoms with van der Waals surface area (Å²) in [6.45, 7) is 6.66. The highest BCUT2D eigenvalue weighted by Crippen LogP contribution is 2.21. The summed E-state index contributed by atoms with van der Waals surface area (Å²) in [5.41, 5.74) is 11.7. The van der Waals surface area contributed by atoms with Gasteiger partial charge in [0.05, 0.1) is 25.1 Å². The van der Waals surface area contributed by atoms with Gasteiger partial charge in [-0.1, -0.05) is 39.8 Å². The first-order chi connectivity index (χ1) is 46.5. The third kappa shape index (κ3) is 29.7. The molecule has 0 radical (unpaired) electrons. The molecule has 14 atom stereocenters. The number of carbonyl (C=O) groups excluding carboxylic acids is 14. The number of hydrogen-bond acceptors (Lipinski definition) is 25. The van der Waals surface area contributed by atoms with E-state index in [9.17, 15) is 97.1 Å². The Morgan fingerprint density at radius 3 is 1.41 bits per heavy atom. The maximum absolute atomic E-state index is 14.3. The molecule has 0 bridgehead atoms. The molecule has 20 N–H and O–H groups in total. The summed E-state index contributed by atoms with van der Waals surface area (Å²) in [6, 6.07) is -13.7. The number of carboxylic acids is 2. The molecule has 0 saturated carbocycles. The normalized spacial score (nSPS) is 16.6. The molecule has 41 heteroatoms. The smallest absolute Gasteiger partial charge is 0.326 e. The Hall–Kier alpha value is -7.44. The van der Waals surface area contributed by atoms with Gasteiger partial charge in [0.25, 0.3) is 0 Å². The van der Waals surface area contributed by atoms with E-state index in [-0.39, 0.29) is 61.2 Å². The van der Waals surface area contributed by atoms with Crippen molar-refractivity contribution in [1.29, 1.82) is 0 Å². The van der Waals surface area contributed by atoms with E-state index in [0.29, 0.717) is 5.56 Å². The molecule has 1 aromatic carbocycles. The number of carboxylic acid groups (broad SMARTS) is 2. The largest absolute Gasteiger partial charge is 0.508 e. The number of carbonyl (C=O) groups is 16. The fourth-order valence-corrected chi connectivity index (χ4v) is 10.9. The van der Waals surface area contributed by atoms with Gasteiger partial charge in [-0.05, 0) is 62.1 Å². The molecular weight excluding hydrogens is 1420 g/mol. The topological polar surface area (TPSA) is 554 Å². The highest BCUT2D eigenvalue weighted by Gasteiger charge is 2.42. The zero-order valence-corrected chi connectivity index (χ0v) is 60.1. The SMILES string of the molecule is CC(C)C[C@H](NC(=O)[C@H](CCC(=O)O)NC(=O)[C@H](CS)NC(=O)[C@@H](N)CS)C(=O)N[C@@H](CS)C(=O)N[C@@H](CS)C(=O)N[C@@H](CC(N)=O)C(=O)N1CCC[C@H]1C(=O)N[C@H](C(=O)N[C@@H](CS)C(=O)N[C@H](C(=O)NCC(=O)N[C@@H](CS)C(=O)N[C@@H](Cc1ccc(O)cc1)C(=O)O)[C@@H](C)O)C(C)C. The lowest BCUT2D eigenvalue weighted by molar-refractivity contribution is -0.143. The van der Waals surface area contributed by atoms with Gasteiger partial charge in [0.1, 0.15) is 78.3 Å². The van der Waals surface area contributed by atoms with Gasteiger partial charge in [-0.15, -0.1) is 0 Å². The number of rotatable bonds is 43. The Bertz CT molecular complexity index is 3030. The van der Waals surface area contributed by atoms with Crippen molar-refractivity contribution in [3.05, 3.63) is 29.8 Å². The summed E-state index contributed by atoms with van der Waals surface area (Å²) in [4.78, 5) is 213. The third-order valence-electron chi connectivity index (χ3n) is 14.8. The van der Waals surface area contributed by atoms with Crippen molar-refractivity contribution in [2.75, 3.05) is 47.6 Å². The third-order valence-corrected chi connectivity index (χ3v) is 17.1. The molecule has 1 heterocycles. The average molecular weight is 1510 g/mol. The Kier molecular flexibility index (Phi) is 38.9. The summed E-state index contributed by atoms with van der Waals surface area (Å²) in [6.07, 6.45) is -3.57. The molecule has 0 aromatic heterocycles. The lowest BCUT2D eigenvalue weighted by atomic mass is 10.0. The molecular formula is C58H91N15O20S6. The molecule has 35 nitrogen and oxygen atoms in total. The molecule has 14 amide bonds. The number of aromatic hydroxyl groups is 1. The number of amides is 14. The van der Waals surface area contributed by atoms with Crippen LogP contribution in [0.3, 0.4) is 0 Å². The second-order valence-corrected chi connectivity index (χ2v) is 25.8. The molecule has 0 unspecified atom stereocenters. The highest BCUT2D eigenvalue weighted by molar-refractivity contribution is 7.81.